The molecule has 1 aliphatic heterocycles. The molecule has 5 rings (SSSR count). The quantitative estimate of drug-likeness (QED) is 0.375. The van der Waals surface area contributed by atoms with Crippen molar-refractivity contribution in [1.29, 1.82) is 0 Å². The fourth-order valence-electron chi connectivity index (χ4n) is 4.18. The smallest absolute Gasteiger partial charge is 0.200 e. The predicted molar refractivity (Wildman–Crippen MR) is 128 cm³/mol. The van der Waals surface area contributed by atoms with Gasteiger partial charge in [0.2, 0.25) is 5.43 Å². The third-order valence-corrected chi connectivity index (χ3v) is 5.90. The van der Waals surface area contributed by atoms with Crippen molar-refractivity contribution in [3.05, 3.63) is 87.8 Å². The molecular formula is C28H26O5. The van der Waals surface area contributed by atoms with Crippen LogP contribution in [0.25, 0.3) is 22.1 Å². The number of hydrogen-bond donors (Lipinski definition) is 0. The zero-order valence-corrected chi connectivity index (χ0v) is 18.9. The average Bonchev–Trinajstić information content (AvgIpc) is 3.08. The van der Waals surface area contributed by atoms with E-state index in [0.29, 0.717) is 53.6 Å². The van der Waals surface area contributed by atoms with Crippen molar-refractivity contribution in [1.82, 2.24) is 0 Å². The van der Waals surface area contributed by atoms with Crippen molar-refractivity contribution in [3.8, 4) is 28.4 Å². The van der Waals surface area contributed by atoms with Gasteiger partial charge in [-0.1, -0.05) is 43.3 Å². The Morgan fingerprint density at radius 3 is 2.52 bits per heavy atom. The van der Waals surface area contributed by atoms with E-state index in [1.807, 2.05) is 67.6 Å². The first-order valence-corrected chi connectivity index (χ1v) is 11.3. The molecule has 4 aromatic rings. The summed E-state index contributed by atoms with van der Waals surface area (Å²) in [5.74, 6) is 2.65. The van der Waals surface area contributed by atoms with Crippen LogP contribution in [0.15, 0.2) is 69.9 Å². The summed E-state index contributed by atoms with van der Waals surface area (Å²) >= 11 is 0. The van der Waals surface area contributed by atoms with Crippen LogP contribution >= 0.6 is 0 Å². The molecule has 0 amide bonds. The zero-order valence-electron chi connectivity index (χ0n) is 18.9. The van der Waals surface area contributed by atoms with E-state index >= 15 is 0 Å². The predicted octanol–water partition coefficient (Wildman–Crippen LogP) is 6.07. The SMILES string of the molecule is CCc1cc2c(=O)c(-c3ccc4c(c3)OCCCO4)c(C)oc2cc1OCc1ccccc1. The first-order valence-electron chi connectivity index (χ1n) is 11.3. The van der Waals surface area contributed by atoms with Crippen molar-refractivity contribution in [2.45, 2.75) is 33.3 Å². The molecule has 5 heteroatoms. The Hall–Kier alpha value is -3.73. The minimum absolute atomic E-state index is 0.0625. The second kappa shape index (κ2) is 9.02. The molecule has 0 radical (unpaired) electrons. The Bertz CT molecular complexity index is 1350. The van der Waals surface area contributed by atoms with Gasteiger partial charge in [-0.2, -0.15) is 0 Å². The molecule has 0 fully saturated rings. The van der Waals surface area contributed by atoms with Crippen molar-refractivity contribution >= 4 is 11.0 Å². The third kappa shape index (κ3) is 4.19. The summed E-state index contributed by atoms with van der Waals surface area (Å²) in [6.45, 7) is 5.54. The lowest BCUT2D eigenvalue weighted by atomic mass is 10.0. The van der Waals surface area contributed by atoms with Gasteiger partial charge in [0.25, 0.3) is 0 Å². The highest BCUT2D eigenvalue weighted by Crippen LogP contribution is 2.35. The standard InChI is InChI=1S/C28H26O5/c1-3-20-14-22-25(16-24(20)32-17-19-8-5-4-6-9-19)33-18(2)27(28(22)29)21-10-11-23-26(15-21)31-13-7-12-30-23/h4-6,8-11,14-16H,3,7,12-13,17H2,1-2H3. The van der Waals surface area contributed by atoms with Crippen LogP contribution in [0.4, 0.5) is 0 Å². The highest BCUT2D eigenvalue weighted by molar-refractivity contribution is 5.85. The van der Waals surface area contributed by atoms with E-state index in [1.54, 1.807) is 0 Å². The molecule has 0 aliphatic carbocycles. The molecule has 0 unspecified atom stereocenters. The average molecular weight is 443 g/mol. The molecule has 0 atom stereocenters. The van der Waals surface area contributed by atoms with Gasteiger partial charge >= 0.3 is 0 Å². The number of benzene rings is 3. The van der Waals surface area contributed by atoms with Crippen molar-refractivity contribution < 1.29 is 18.6 Å². The van der Waals surface area contributed by atoms with Crippen LogP contribution in [0.1, 0.15) is 30.2 Å². The summed E-state index contributed by atoms with van der Waals surface area (Å²) < 4.78 is 23.8. The number of fused-ring (bicyclic) bond motifs is 2. The van der Waals surface area contributed by atoms with Crippen LogP contribution in [0.5, 0.6) is 17.2 Å². The Kier molecular flexibility index (Phi) is 5.78. The van der Waals surface area contributed by atoms with E-state index in [0.717, 1.165) is 35.3 Å². The van der Waals surface area contributed by atoms with Crippen LogP contribution in [0.2, 0.25) is 0 Å². The van der Waals surface area contributed by atoms with Gasteiger partial charge in [0.15, 0.2) is 11.5 Å². The summed E-state index contributed by atoms with van der Waals surface area (Å²) in [6, 6.07) is 19.4. The second-order valence-corrected chi connectivity index (χ2v) is 8.16. The lowest BCUT2D eigenvalue weighted by Crippen LogP contribution is -2.09. The molecule has 0 saturated heterocycles. The maximum atomic E-state index is 13.6. The number of aryl methyl sites for hydroxylation is 2. The van der Waals surface area contributed by atoms with E-state index in [2.05, 4.69) is 6.92 Å². The maximum Gasteiger partial charge on any atom is 0.200 e. The largest absolute Gasteiger partial charge is 0.490 e. The summed E-state index contributed by atoms with van der Waals surface area (Å²) in [6.07, 6.45) is 1.57. The van der Waals surface area contributed by atoms with Gasteiger partial charge in [-0.15, -0.1) is 0 Å². The van der Waals surface area contributed by atoms with Crippen molar-refractivity contribution in [2.75, 3.05) is 13.2 Å². The van der Waals surface area contributed by atoms with Crippen molar-refractivity contribution in [2.24, 2.45) is 0 Å². The van der Waals surface area contributed by atoms with E-state index < -0.39 is 0 Å². The molecule has 1 aromatic heterocycles. The summed E-state index contributed by atoms with van der Waals surface area (Å²) in [7, 11) is 0. The van der Waals surface area contributed by atoms with E-state index in [-0.39, 0.29) is 5.43 Å². The highest BCUT2D eigenvalue weighted by Gasteiger charge is 2.19. The number of hydrogen-bond acceptors (Lipinski definition) is 5. The Morgan fingerprint density at radius 2 is 1.73 bits per heavy atom. The topological polar surface area (TPSA) is 57.9 Å². The Labute approximate surface area is 192 Å². The second-order valence-electron chi connectivity index (χ2n) is 8.16. The van der Waals surface area contributed by atoms with Crippen LogP contribution in [0, 0.1) is 6.92 Å². The molecule has 0 N–H and O–H groups in total. The minimum Gasteiger partial charge on any atom is -0.490 e. The number of ether oxygens (including phenoxy) is 3. The number of rotatable bonds is 5. The van der Waals surface area contributed by atoms with Crippen molar-refractivity contribution in [3.63, 3.8) is 0 Å². The molecule has 0 saturated carbocycles. The molecule has 1 aliphatic rings. The molecular weight excluding hydrogens is 416 g/mol. The van der Waals surface area contributed by atoms with Gasteiger partial charge in [0, 0.05) is 12.5 Å². The molecule has 2 heterocycles. The first-order chi connectivity index (χ1) is 16.1. The molecule has 0 spiro atoms. The van der Waals surface area contributed by atoms with E-state index in [4.69, 9.17) is 18.6 Å². The summed E-state index contributed by atoms with van der Waals surface area (Å²) in [4.78, 5) is 13.6. The van der Waals surface area contributed by atoms with E-state index in [9.17, 15) is 4.79 Å². The third-order valence-electron chi connectivity index (χ3n) is 5.90. The van der Waals surface area contributed by atoms with Gasteiger partial charge in [0.05, 0.1) is 24.2 Å². The zero-order chi connectivity index (χ0) is 22.8. The lowest BCUT2D eigenvalue weighted by molar-refractivity contribution is 0.297. The Balaban J connectivity index is 1.56. The highest BCUT2D eigenvalue weighted by atomic mass is 16.5. The molecule has 5 nitrogen and oxygen atoms in total. The lowest BCUT2D eigenvalue weighted by Gasteiger charge is -2.14. The van der Waals surface area contributed by atoms with Gasteiger partial charge in [-0.3, -0.25) is 4.79 Å². The normalized spacial score (nSPS) is 13.0. The molecule has 3 aromatic carbocycles. The Morgan fingerprint density at radius 1 is 0.939 bits per heavy atom. The molecule has 0 bridgehead atoms. The summed E-state index contributed by atoms with van der Waals surface area (Å²) in [5, 5.41) is 0.548. The van der Waals surface area contributed by atoms with Gasteiger partial charge in [-0.25, -0.2) is 0 Å². The van der Waals surface area contributed by atoms with Crippen LogP contribution < -0.4 is 19.6 Å². The first kappa shape index (κ1) is 21.1. The monoisotopic (exact) mass is 442 g/mol. The molecule has 33 heavy (non-hydrogen) atoms. The maximum absolute atomic E-state index is 13.6. The van der Waals surface area contributed by atoms with Crippen LogP contribution in [0.3, 0.4) is 0 Å². The molecule has 168 valence electrons. The fourth-order valence-corrected chi connectivity index (χ4v) is 4.18. The van der Waals surface area contributed by atoms with Gasteiger partial charge in [0.1, 0.15) is 23.7 Å². The van der Waals surface area contributed by atoms with Crippen LogP contribution in [-0.2, 0) is 13.0 Å². The van der Waals surface area contributed by atoms with Gasteiger partial charge in [-0.05, 0) is 48.2 Å². The minimum atomic E-state index is -0.0625. The van der Waals surface area contributed by atoms with Gasteiger partial charge < -0.3 is 18.6 Å². The van der Waals surface area contributed by atoms with Crippen LogP contribution in [-0.4, -0.2) is 13.2 Å². The fraction of sp³-hybridized carbons (Fsp3) is 0.250. The summed E-state index contributed by atoms with van der Waals surface area (Å²) in [5.41, 5.74) is 3.82. The van der Waals surface area contributed by atoms with E-state index in [1.165, 1.54) is 0 Å².